The molecule has 0 spiro atoms. The number of carbonyl (C=O) groups is 1. The van der Waals surface area contributed by atoms with Crippen LogP contribution in [0.15, 0.2) is 109 Å². The summed E-state index contributed by atoms with van der Waals surface area (Å²) in [7, 11) is 0. The molecule has 0 saturated carbocycles. The van der Waals surface area contributed by atoms with Gasteiger partial charge >= 0.3 is 0 Å². The van der Waals surface area contributed by atoms with Gasteiger partial charge in [0.15, 0.2) is 5.11 Å². The third-order valence-electron chi connectivity index (χ3n) is 7.24. The van der Waals surface area contributed by atoms with Gasteiger partial charge in [-0.15, -0.1) is 0 Å². The van der Waals surface area contributed by atoms with Crippen molar-refractivity contribution in [2.45, 2.75) is 25.4 Å². The van der Waals surface area contributed by atoms with Gasteiger partial charge in [0, 0.05) is 47.8 Å². The normalized spacial score (nSPS) is 16.8. The molecule has 194 valence electrons. The quantitative estimate of drug-likeness (QED) is 0.240. The molecule has 1 aliphatic heterocycles. The Hall–Kier alpha value is -4.49. The molecule has 6 nitrogen and oxygen atoms in total. The fourth-order valence-corrected chi connectivity index (χ4v) is 5.64. The average molecular weight is 532 g/mol. The van der Waals surface area contributed by atoms with Crippen molar-refractivity contribution < 1.29 is 4.79 Å². The Bertz CT molecular complexity index is 1620. The van der Waals surface area contributed by atoms with Gasteiger partial charge in [-0.2, -0.15) is 0 Å². The second-order valence-electron chi connectivity index (χ2n) is 9.78. The molecule has 0 radical (unpaired) electrons. The Morgan fingerprint density at radius 3 is 2.56 bits per heavy atom. The molecule has 1 aliphatic rings. The van der Waals surface area contributed by atoms with Crippen LogP contribution in [-0.4, -0.2) is 32.0 Å². The summed E-state index contributed by atoms with van der Waals surface area (Å²) in [5.74, 6) is -0.0527. The summed E-state index contributed by atoms with van der Waals surface area (Å²) in [6.45, 7) is 2.55. The Morgan fingerprint density at radius 2 is 1.74 bits per heavy atom. The Kier molecular flexibility index (Phi) is 6.82. The van der Waals surface area contributed by atoms with Gasteiger partial charge in [0.25, 0.3) is 0 Å². The zero-order valence-electron chi connectivity index (χ0n) is 21.6. The van der Waals surface area contributed by atoms with E-state index in [4.69, 9.17) is 12.2 Å². The van der Waals surface area contributed by atoms with Gasteiger partial charge in [-0.3, -0.25) is 9.78 Å². The summed E-state index contributed by atoms with van der Waals surface area (Å²) >= 11 is 5.84. The molecule has 5 aromatic rings. The summed E-state index contributed by atoms with van der Waals surface area (Å²) < 4.78 is 2.19. The molecule has 7 heteroatoms. The summed E-state index contributed by atoms with van der Waals surface area (Å²) in [6.07, 6.45) is 4.17. The predicted octanol–water partition coefficient (Wildman–Crippen LogP) is 6.34. The van der Waals surface area contributed by atoms with E-state index in [0.29, 0.717) is 18.1 Å². The maximum atomic E-state index is 13.2. The maximum Gasteiger partial charge on any atom is 0.226 e. The first-order chi connectivity index (χ1) is 19.1. The van der Waals surface area contributed by atoms with E-state index >= 15 is 0 Å². The van der Waals surface area contributed by atoms with E-state index < -0.39 is 0 Å². The standard InChI is InChI=1S/C32H29N5OS/c1-22-14-16-24(17-15-22)36-20-7-13-28(36)31-30(27-11-4-5-19-33-27)35-32(39)37(31)21-18-29(38)34-26-12-6-9-23-8-2-3-10-25(23)26/h2-17,19-20,30-31H,18,21H2,1H3,(H,34,38)(H,35,39)/t30-,31+/m0/s1. The fraction of sp³-hybridized carbons (Fsp3) is 0.156. The van der Waals surface area contributed by atoms with Gasteiger partial charge in [-0.25, -0.2) is 0 Å². The average Bonchev–Trinajstić information content (AvgIpc) is 3.57. The van der Waals surface area contributed by atoms with Crippen molar-refractivity contribution in [2.75, 3.05) is 11.9 Å². The molecule has 2 N–H and O–H groups in total. The molecule has 2 atom stereocenters. The van der Waals surface area contributed by atoms with E-state index in [1.807, 2.05) is 60.7 Å². The number of hydrogen-bond acceptors (Lipinski definition) is 3. The number of pyridine rings is 1. The number of aryl methyl sites for hydroxylation is 1. The summed E-state index contributed by atoms with van der Waals surface area (Å²) in [4.78, 5) is 19.9. The van der Waals surface area contributed by atoms with E-state index in [9.17, 15) is 4.79 Å². The van der Waals surface area contributed by atoms with Crippen LogP contribution in [0.1, 0.15) is 35.5 Å². The number of benzene rings is 3. The number of amides is 1. The molecule has 0 unspecified atom stereocenters. The number of nitrogens with zero attached hydrogens (tertiary/aromatic N) is 3. The molecule has 3 aromatic carbocycles. The molecule has 6 rings (SSSR count). The lowest BCUT2D eigenvalue weighted by Crippen LogP contribution is -2.33. The van der Waals surface area contributed by atoms with Crippen LogP contribution >= 0.6 is 12.2 Å². The largest absolute Gasteiger partial charge is 0.352 e. The SMILES string of the molecule is Cc1ccc(-n2cccc2[C@@H]2[C@H](c3ccccn3)NC(=S)N2CCC(=O)Nc2cccc3ccccc23)cc1. The number of aromatic nitrogens is 2. The van der Waals surface area contributed by atoms with E-state index in [-0.39, 0.29) is 18.0 Å². The van der Waals surface area contributed by atoms with Crippen LogP contribution in [-0.2, 0) is 4.79 Å². The van der Waals surface area contributed by atoms with Crippen LogP contribution in [0.3, 0.4) is 0 Å². The molecule has 0 aliphatic carbocycles. The number of carbonyl (C=O) groups excluding carboxylic acids is 1. The van der Waals surface area contributed by atoms with Crippen molar-refractivity contribution in [1.82, 2.24) is 19.8 Å². The minimum atomic E-state index is -0.154. The zero-order chi connectivity index (χ0) is 26.8. The molecule has 0 bridgehead atoms. The van der Waals surface area contributed by atoms with Crippen molar-refractivity contribution in [3.63, 3.8) is 0 Å². The topological polar surface area (TPSA) is 62.2 Å². The predicted molar refractivity (Wildman–Crippen MR) is 160 cm³/mol. The third kappa shape index (κ3) is 5.01. The monoisotopic (exact) mass is 531 g/mol. The van der Waals surface area contributed by atoms with Crippen molar-refractivity contribution in [1.29, 1.82) is 0 Å². The highest BCUT2D eigenvalue weighted by Gasteiger charge is 2.41. The molecule has 2 aromatic heterocycles. The lowest BCUT2D eigenvalue weighted by atomic mass is 10.0. The molecule has 3 heterocycles. The molecular weight excluding hydrogens is 502 g/mol. The first-order valence-corrected chi connectivity index (χ1v) is 13.5. The Labute approximate surface area is 233 Å². The number of thiocarbonyl (C=S) groups is 1. The van der Waals surface area contributed by atoms with Gasteiger partial charge in [-0.05, 0) is 67.0 Å². The highest BCUT2D eigenvalue weighted by Crippen LogP contribution is 2.39. The number of rotatable bonds is 7. The molecule has 1 saturated heterocycles. The van der Waals surface area contributed by atoms with Gasteiger partial charge in [0.1, 0.15) is 0 Å². The molecule has 1 fully saturated rings. The smallest absolute Gasteiger partial charge is 0.226 e. The van der Waals surface area contributed by atoms with Crippen LogP contribution in [0.4, 0.5) is 5.69 Å². The van der Waals surface area contributed by atoms with Crippen LogP contribution < -0.4 is 10.6 Å². The number of hydrogen-bond donors (Lipinski definition) is 2. The van der Waals surface area contributed by atoms with Crippen molar-refractivity contribution >= 4 is 39.7 Å². The van der Waals surface area contributed by atoms with Crippen LogP contribution in [0.2, 0.25) is 0 Å². The molecule has 1 amide bonds. The maximum absolute atomic E-state index is 13.2. The highest BCUT2D eigenvalue weighted by molar-refractivity contribution is 7.80. The summed E-state index contributed by atoms with van der Waals surface area (Å²) in [6, 6.07) is 32.3. The number of fused-ring (bicyclic) bond motifs is 1. The Balaban J connectivity index is 1.29. The lowest BCUT2D eigenvalue weighted by Gasteiger charge is -2.29. The molecular formula is C32H29N5OS. The molecule has 39 heavy (non-hydrogen) atoms. The first kappa shape index (κ1) is 24.8. The van der Waals surface area contributed by atoms with Crippen molar-refractivity contribution in [2.24, 2.45) is 0 Å². The lowest BCUT2D eigenvalue weighted by molar-refractivity contribution is -0.116. The Morgan fingerprint density at radius 1 is 0.949 bits per heavy atom. The van der Waals surface area contributed by atoms with Crippen molar-refractivity contribution in [3.05, 3.63) is 126 Å². The second-order valence-corrected chi connectivity index (χ2v) is 10.2. The number of nitrogens with one attached hydrogen (secondary N) is 2. The summed E-state index contributed by atoms with van der Waals surface area (Å²) in [5.41, 5.74) is 5.09. The van der Waals surface area contributed by atoms with Gasteiger partial charge in [0.05, 0.1) is 17.8 Å². The highest BCUT2D eigenvalue weighted by atomic mass is 32.1. The first-order valence-electron chi connectivity index (χ1n) is 13.1. The summed E-state index contributed by atoms with van der Waals surface area (Å²) in [5, 5.41) is 9.34. The zero-order valence-corrected chi connectivity index (χ0v) is 22.4. The second kappa shape index (κ2) is 10.7. The van der Waals surface area contributed by atoms with Gasteiger partial charge in [0.2, 0.25) is 5.91 Å². The minimum absolute atomic E-state index is 0.0527. The van der Waals surface area contributed by atoms with E-state index in [2.05, 4.69) is 74.6 Å². The van der Waals surface area contributed by atoms with E-state index in [0.717, 1.165) is 33.5 Å². The third-order valence-corrected chi connectivity index (χ3v) is 7.59. The van der Waals surface area contributed by atoms with E-state index in [1.54, 1.807) is 6.20 Å². The van der Waals surface area contributed by atoms with Gasteiger partial charge in [-0.1, -0.05) is 60.2 Å². The van der Waals surface area contributed by atoms with Crippen LogP contribution in [0.5, 0.6) is 0 Å². The van der Waals surface area contributed by atoms with Crippen LogP contribution in [0.25, 0.3) is 16.5 Å². The van der Waals surface area contributed by atoms with Gasteiger partial charge < -0.3 is 20.1 Å². The number of anilines is 1. The fourth-order valence-electron chi connectivity index (χ4n) is 5.31. The van der Waals surface area contributed by atoms with Crippen LogP contribution in [0, 0.1) is 6.92 Å². The minimum Gasteiger partial charge on any atom is -0.352 e. The van der Waals surface area contributed by atoms with E-state index in [1.165, 1.54) is 5.56 Å². The van der Waals surface area contributed by atoms with Crippen molar-refractivity contribution in [3.8, 4) is 5.69 Å².